The first kappa shape index (κ1) is 13.1. The van der Waals surface area contributed by atoms with E-state index in [1.165, 1.54) is 5.56 Å². The largest absolute Gasteiger partial charge is 0.494 e. The Bertz CT molecular complexity index is 531. The molecule has 1 aromatic heterocycles. The van der Waals surface area contributed by atoms with Gasteiger partial charge in [0.1, 0.15) is 5.75 Å². The number of ether oxygens (including phenoxy) is 1. The Morgan fingerprint density at radius 3 is 2.61 bits per heavy atom. The van der Waals surface area contributed by atoms with Crippen molar-refractivity contribution in [3.8, 4) is 5.75 Å². The van der Waals surface area contributed by atoms with Gasteiger partial charge in [0.2, 0.25) is 0 Å². The Hall–Kier alpha value is -1.32. The predicted octanol–water partition coefficient (Wildman–Crippen LogP) is 4.12. The van der Waals surface area contributed by atoms with Gasteiger partial charge in [0.15, 0.2) is 0 Å². The van der Waals surface area contributed by atoms with Crippen molar-refractivity contribution in [3.63, 3.8) is 0 Å². The zero-order valence-electron chi connectivity index (χ0n) is 9.98. The van der Waals surface area contributed by atoms with Crippen LogP contribution >= 0.6 is 22.9 Å². The summed E-state index contributed by atoms with van der Waals surface area (Å²) < 4.78 is 5.39. The number of carbonyl (C=O) groups excluding carboxylic acids is 1. The van der Waals surface area contributed by atoms with E-state index in [1.807, 2.05) is 37.3 Å². The highest BCUT2D eigenvalue weighted by Crippen LogP contribution is 2.21. The van der Waals surface area contributed by atoms with Crippen LogP contribution in [0, 0.1) is 0 Å². The molecule has 4 heteroatoms. The first-order valence-corrected chi connectivity index (χ1v) is 6.93. The van der Waals surface area contributed by atoms with Gasteiger partial charge in [-0.2, -0.15) is 0 Å². The summed E-state index contributed by atoms with van der Waals surface area (Å²) in [5, 5.41) is 1.39. The molecule has 0 aliphatic heterocycles. The molecule has 0 spiro atoms. The molecule has 18 heavy (non-hydrogen) atoms. The molecule has 0 N–H and O–H groups in total. The van der Waals surface area contributed by atoms with Crippen LogP contribution in [-0.2, 0) is 6.42 Å². The smallest absolute Gasteiger partial charge is 0.253 e. The van der Waals surface area contributed by atoms with Gasteiger partial charge in [0.05, 0.1) is 6.61 Å². The van der Waals surface area contributed by atoms with Gasteiger partial charge < -0.3 is 4.74 Å². The molecule has 0 fully saturated rings. The van der Waals surface area contributed by atoms with Crippen LogP contribution in [0.4, 0.5) is 0 Å². The van der Waals surface area contributed by atoms with Gasteiger partial charge in [-0.3, -0.25) is 4.79 Å². The molecule has 1 aromatic carbocycles. The third-order valence-electron chi connectivity index (χ3n) is 2.49. The molecule has 1 heterocycles. The van der Waals surface area contributed by atoms with Crippen LogP contribution in [0.3, 0.4) is 0 Å². The number of hydrogen-bond acceptors (Lipinski definition) is 3. The summed E-state index contributed by atoms with van der Waals surface area (Å²) in [6, 6.07) is 9.83. The van der Waals surface area contributed by atoms with Crippen molar-refractivity contribution >= 4 is 28.2 Å². The lowest BCUT2D eigenvalue weighted by Gasteiger charge is -2.03. The predicted molar refractivity (Wildman–Crippen MR) is 74.9 cm³/mol. The molecule has 2 rings (SSSR count). The molecular formula is C14H13ClO2S. The Morgan fingerprint density at radius 1 is 1.33 bits per heavy atom. The van der Waals surface area contributed by atoms with Crippen LogP contribution in [-0.4, -0.2) is 11.8 Å². The second-order valence-corrected chi connectivity index (χ2v) is 5.17. The highest BCUT2D eigenvalue weighted by molar-refractivity contribution is 7.10. The fraction of sp³-hybridized carbons (Fsp3) is 0.214. The zero-order chi connectivity index (χ0) is 13.0. The summed E-state index contributed by atoms with van der Waals surface area (Å²) in [5.74, 6) is 0.879. The van der Waals surface area contributed by atoms with E-state index in [1.54, 1.807) is 16.7 Å². The fourth-order valence-electron chi connectivity index (χ4n) is 1.65. The molecule has 0 saturated heterocycles. The van der Waals surface area contributed by atoms with Crippen LogP contribution in [0.1, 0.15) is 27.7 Å². The number of thiophene rings is 1. The topological polar surface area (TPSA) is 26.3 Å². The lowest BCUT2D eigenvalue weighted by atomic mass is 10.1. The van der Waals surface area contributed by atoms with Crippen molar-refractivity contribution in [2.24, 2.45) is 0 Å². The second kappa shape index (κ2) is 6.03. The van der Waals surface area contributed by atoms with Gasteiger partial charge in [0, 0.05) is 22.2 Å². The van der Waals surface area contributed by atoms with Crippen molar-refractivity contribution in [3.05, 3.63) is 51.7 Å². The molecule has 0 bridgehead atoms. The van der Waals surface area contributed by atoms with Crippen molar-refractivity contribution in [1.82, 2.24) is 0 Å². The maximum atomic E-state index is 11.0. The second-order valence-electron chi connectivity index (χ2n) is 3.83. The van der Waals surface area contributed by atoms with Crippen LogP contribution in [0.5, 0.6) is 5.75 Å². The monoisotopic (exact) mass is 280 g/mol. The van der Waals surface area contributed by atoms with E-state index in [4.69, 9.17) is 16.3 Å². The lowest BCUT2D eigenvalue weighted by Crippen LogP contribution is -1.91. The van der Waals surface area contributed by atoms with Gasteiger partial charge in [-0.05, 0) is 42.3 Å². The number of rotatable bonds is 5. The van der Waals surface area contributed by atoms with Crippen LogP contribution in [0.15, 0.2) is 35.7 Å². The minimum absolute atomic E-state index is 0.399. The minimum atomic E-state index is -0.399. The van der Waals surface area contributed by atoms with Crippen LogP contribution in [0.2, 0.25) is 0 Å². The number of carbonyl (C=O) groups is 1. The summed E-state index contributed by atoms with van der Waals surface area (Å²) in [6.07, 6.45) is 0.807. The third kappa shape index (κ3) is 3.34. The number of halogens is 1. The standard InChI is InChI=1S/C14H13ClO2S/c1-2-17-12-5-3-10(4-6-12)7-13-8-11(9-18-13)14(15)16/h3-6,8-9H,2,7H2,1H3. The van der Waals surface area contributed by atoms with E-state index in [0.29, 0.717) is 12.2 Å². The van der Waals surface area contributed by atoms with Crippen molar-refractivity contribution < 1.29 is 9.53 Å². The summed E-state index contributed by atoms with van der Waals surface area (Å²) in [4.78, 5) is 12.1. The van der Waals surface area contributed by atoms with Crippen molar-refractivity contribution in [2.75, 3.05) is 6.61 Å². The maximum Gasteiger partial charge on any atom is 0.253 e. The number of benzene rings is 1. The Balaban J connectivity index is 2.06. The Morgan fingerprint density at radius 2 is 2.06 bits per heavy atom. The molecule has 2 aromatic rings. The Kier molecular flexibility index (Phi) is 4.39. The normalized spacial score (nSPS) is 10.3. The molecule has 2 nitrogen and oxygen atoms in total. The summed E-state index contributed by atoms with van der Waals surface area (Å²) in [5.41, 5.74) is 1.76. The summed E-state index contributed by atoms with van der Waals surface area (Å²) >= 11 is 6.98. The quantitative estimate of drug-likeness (QED) is 0.770. The first-order chi connectivity index (χ1) is 8.69. The van der Waals surface area contributed by atoms with Crippen LogP contribution in [0.25, 0.3) is 0 Å². The van der Waals surface area contributed by atoms with Crippen molar-refractivity contribution in [2.45, 2.75) is 13.3 Å². The molecule has 0 unspecified atom stereocenters. The van der Waals surface area contributed by atoms with Gasteiger partial charge in [-0.15, -0.1) is 11.3 Å². The minimum Gasteiger partial charge on any atom is -0.494 e. The Labute approximate surface area is 115 Å². The SMILES string of the molecule is CCOc1ccc(Cc2cc(C(=O)Cl)cs2)cc1. The summed E-state index contributed by atoms with van der Waals surface area (Å²) in [6.45, 7) is 2.63. The zero-order valence-corrected chi connectivity index (χ0v) is 11.6. The van der Waals surface area contributed by atoms with Crippen LogP contribution < -0.4 is 4.74 Å². The molecule has 0 radical (unpaired) electrons. The molecule has 0 amide bonds. The third-order valence-corrected chi connectivity index (χ3v) is 3.65. The highest BCUT2D eigenvalue weighted by atomic mass is 35.5. The highest BCUT2D eigenvalue weighted by Gasteiger charge is 2.06. The van der Waals surface area contributed by atoms with Gasteiger partial charge in [0.25, 0.3) is 5.24 Å². The molecule has 0 aliphatic carbocycles. The molecule has 0 aliphatic rings. The average Bonchev–Trinajstić information content (AvgIpc) is 2.81. The maximum absolute atomic E-state index is 11.0. The summed E-state index contributed by atoms with van der Waals surface area (Å²) in [7, 11) is 0. The van der Waals surface area contributed by atoms with Gasteiger partial charge in [-0.1, -0.05) is 12.1 Å². The molecule has 94 valence electrons. The van der Waals surface area contributed by atoms with E-state index < -0.39 is 5.24 Å². The van der Waals surface area contributed by atoms with Gasteiger partial charge >= 0.3 is 0 Å². The van der Waals surface area contributed by atoms with E-state index >= 15 is 0 Å². The molecular weight excluding hydrogens is 268 g/mol. The lowest BCUT2D eigenvalue weighted by molar-refractivity contribution is 0.108. The van der Waals surface area contributed by atoms with Crippen molar-refractivity contribution in [1.29, 1.82) is 0 Å². The molecule has 0 atom stereocenters. The number of hydrogen-bond donors (Lipinski definition) is 0. The van der Waals surface area contributed by atoms with E-state index in [0.717, 1.165) is 17.0 Å². The van der Waals surface area contributed by atoms with E-state index in [9.17, 15) is 4.79 Å². The first-order valence-electron chi connectivity index (χ1n) is 5.68. The van der Waals surface area contributed by atoms with Gasteiger partial charge in [-0.25, -0.2) is 0 Å². The van der Waals surface area contributed by atoms with E-state index in [-0.39, 0.29) is 0 Å². The average molecular weight is 281 g/mol. The molecule has 0 saturated carbocycles. The fourth-order valence-corrected chi connectivity index (χ4v) is 2.72. The van der Waals surface area contributed by atoms with E-state index in [2.05, 4.69) is 0 Å².